The SMILES string of the molecule is COCCNC(=O)CN1C(=O)C2CCCCC2C1=O. The molecular weight excluding hydrogens is 248 g/mol. The van der Waals surface area contributed by atoms with Crippen LogP contribution in [0.25, 0.3) is 0 Å². The van der Waals surface area contributed by atoms with Gasteiger partial charge in [-0.2, -0.15) is 0 Å². The van der Waals surface area contributed by atoms with E-state index in [0.29, 0.717) is 13.2 Å². The molecule has 2 unspecified atom stereocenters. The molecule has 1 aliphatic carbocycles. The largest absolute Gasteiger partial charge is 0.383 e. The van der Waals surface area contributed by atoms with Crippen molar-refractivity contribution in [1.29, 1.82) is 0 Å². The Labute approximate surface area is 112 Å². The van der Waals surface area contributed by atoms with Crippen molar-refractivity contribution in [2.75, 3.05) is 26.8 Å². The Kier molecular flexibility index (Phi) is 4.52. The molecule has 2 fully saturated rings. The second-order valence-electron chi connectivity index (χ2n) is 5.10. The van der Waals surface area contributed by atoms with E-state index in [1.807, 2.05) is 0 Å². The maximum atomic E-state index is 12.1. The number of hydrogen-bond donors (Lipinski definition) is 1. The average Bonchev–Trinajstić information content (AvgIpc) is 2.65. The van der Waals surface area contributed by atoms with Crippen LogP contribution in [0.2, 0.25) is 0 Å². The molecule has 1 heterocycles. The highest BCUT2D eigenvalue weighted by Gasteiger charge is 2.48. The first kappa shape index (κ1) is 14.0. The average molecular weight is 268 g/mol. The zero-order valence-corrected chi connectivity index (χ0v) is 11.2. The first-order valence-electron chi connectivity index (χ1n) is 6.76. The van der Waals surface area contributed by atoms with Gasteiger partial charge >= 0.3 is 0 Å². The molecule has 2 atom stereocenters. The van der Waals surface area contributed by atoms with Crippen LogP contribution >= 0.6 is 0 Å². The van der Waals surface area contributed by atoms with E-state index in [2.05, 4.69) is 5.32 Å². The molecule has 0 aromatic carbocycles. The number of nitrogens with one attached hydrogen (secondary N) is 1. The molecule has 0 bridgehead atoms. The summed E-state index contributed by atoms with van der Waals surface area (Å²) in [6, 6.07) is 0. The summed E-state index contributed by atoms with van der Waals surface area (Å²) in [6.45, 7) is 0.645. The van der Waals surface area contributed by atoms with Crippen LogP contribution < -0.4 is 5.32 Å². The Bertz CT molecular complexity index is 359. The van der Waals surface area contributed by atoms with E-state index in [4.69, 9.17) is 4.74 Å². The predicted octanol–water partition coefficient (Wildman–Crippen LogP) is -0.0758. The molecule has 6 nitrogen and oxygen atoms in total. The number of amides is 3. The van der Waals surface area contributed by atoms with Gasteiger partial charge < -0.3 is 10.1 Å². The quantitative estimate of drug-likeness (QED) is 0.559. The molecule has 0 radical (unpaired) electrons. The Balaban J connectivity index is 1.91. The molecule has 2 rings (SSSR count). The molecule has 1 N–H and O–H groups in total. The van der Waals surface area contributed by atoms with Crippen LogP contribution in [-0.2, 0) is 19.1 Å². The minimum absolute atomic E-state index is 0.158. The van der Waals surface area contributed by atoms with Gasteiger partial charge in [0.05, 0.1) is 18.4 Å². The maximum absolute atomic E-state index is 12.1. The Morgan fingerprint density at radius 2 is 1.84 bits per heavy atom. The van der Waals surface area contributed by atoms with Gasteiger partial charge in [0.2, 0.25) is 17.7 Å². The highest BCUT2D eigenvalue weighted by atomic mass is 16.5. The molecule has 1 aliphatic heterocycles. The molecule has 0 spiro atoms. The summed E-state index contributed by atoms with van der Waals surface area (Å²) >= 11 is 0. The van der Waals surface area contributed by atoms with Crippen LogP contribution in [0.15, 0.2) is 0 Å². The van der Waals surface area contributed by atoms with Crippen molar-refractivity contribution < 1.29 is 19.1 Å². The van der Waals surface area contributed by atoms with Gasteiger partial charge in [-0.15, -0.1) is 0 Å². The first-order valence-corrected chi connectivity index (χ1v) is 6.76. The number of hydrogen-bond acceptors (Lipinski definition) is 4. The van der Waals surface area contributed by atoms with Gasteiger partial charge in [-0.05, 0) is 12.8 Å². The van der Waals surface area contributed by atoms with Gasteiger partial charge in [0.15, 0.2) is 0 Å². The lowest BCUT2D eigenvalue weighted by Gasteiger charge is -2.19. The first-order chi connectivity index (χ1) is 9.15. The smallest absolute Gasteiger partial charge is 0.240 e. The Hall–Kier alpha value is -1.43. The van der Waals surface area contributed by atoms with Crippen molar-refractivity contribution in [1.82, 2.24) is 10.2 Å². The summed E-state index contributed by atoms with van der Waals surface area (Å²) in [5, 5.41) is 2.62. The van der Waals surface area contributed by atoms with Crippen molar-refractivity contribution in [2.45, 2.75) is 25.7 Å². The van der Waals surface area contributed by atoms with E-state index in [0.717, 1.165) is 30.6 Å². The summed E-state index contributed by atoms with van der Waals surface area (Å²) in [6.07, 6.45) is 3.54. The second-order valence-corrected chi connectivity index (χ2v) is 5.10. The zero-order valence-electron chi connectivity index (χ0n) is 11.2. The molecule has 1 saturated heterocycles. The topological polar surface area (TPSA) is 75.7 Å². The molecule has 19 heavy (non-hydrogen) atoms. The van der Waals surface area contributed by atoms with Crippen molar-refractivity contribution in [2.24, 2.45) is 11.8 Å². The standard InChI is InChI=1S/C13H20N2O4/c1-19-7-6-14-11(16)8-15-12(17)9-4-2-3-5-10(9)13(15)18/h9-10H,2-8H2,1H3,(H,14,16). The van der Waals surface area contributed by atoms with E-state index in [1.54, 1.807) is 7.11 Å². The third-order valence-corrected chi connectivity index (χ3v) is 3.86. The van der Waals surface area contributed by atoms with Gasteiger partial charge in [0.25, 0.3) is 0 Å². The highest BCUT2D eigenvalue weighted by Crippen LogP contribution is 2.37. The molecule has 1 saturated carbocycles. The van der Waals surface area contributed by atoms with Gasteiger partial charge in [-0.1, -0.05) is 12.8 Å². The fourth-order valence-electron chi connectivity index (χ4n) is 2.88. The van der Waals surface area contributed by atoms with E-state index >= 15 is 0 Å². The number of carbonyl (C=O) groups is 3. The predicted molar refractivity (Wildman–Crippen MR) is 67.1 cm³/mol. The fourth-order valence-corrected chi connectivity index (χ4v) is 2.88. The minimum Gasteiger partial charge on any atom is -0.383 e. The normalized spacial score (nSPS) is 26.5. The summed E-state index contributed by atoms with van der Waals surface area (Å²) in [7, 11) is 1.55. The zero-order chi connectivity index (χ0) is 13.8. The van der Waals surface area contributed by atoms with Crippen molar-refractivity contribution in [3.05, 3.63) is 0 Å². The third kappa shape index (κ3) is 2.94. The van der Waals surface area contributed by atoms with E-state index in [-0.39, 0.29) is 36.1 Å². The summed E-state index contributed by atoms with van der Waals surface area (Å²) in [4.78, 5) is 37.0. The highest BCUT2D eigenvalue weighted by molar-refractivity contribution is 6.07. The van der Waals surface area contributed by atoms with Crippen LogP contribution in [0.1, 0.15) is 25.7 Å². The van der Waals surface area contributed by atoms with Crippen LogP contribution in [0, 0.1) is 11.8 Å². The number of likely N-dealkylation sites (tertiary alicyclic amines) is 1. The van der Waals surface area contributed by atoms with Crippen molar-refractivity contribution in [3.63, 3.8) is 0 Å². The number of imide groups is 1. The fraction of sp³-hybridized carbons (Fsp3) is 0.769. The second kappa shape index (κ2) is 6.14. The lowest BCUT2D eigenvalue weighted by molar-refractivity contribution is -0.143. The number of rotatable bonds is 5. The van der Waals surface area contributed by atoms with Crippen LogP contribution in [0.5, 0.6) is 0 Å². The monoisotopic (exact) mass is 268 g/mol. The molecule has 0 aromatic heterocycles. The van der Waals surface area contributed by atoms with Crippen molar-refractivity contribution >= 4 is 17.7 Å². The van der Waals surface area contributed by atoms with E-state index in [9.17, 15) is 14.4 Å². The third-order valence-electron chi connectivity index (χ3n) is 3.86. The molecule has 6 heteroatoms. The van der Waals surface area contributed by atoms with Gasteiger partial charge in [-0.25, -0.2) is 0 Å². The van der Waals surface area contributed by atoms with E-state index < -0.39 is 0 Å². The number of methoxy groups -OCH3 is 1. The number of nitrogens with zero attached hydrogens (tertiary/aromatic N) is 1. The molecule has 3 amide bonds. The number of ether oxygens (including phenoxy) is 1. The minimum atomic E-state index is -0.308. The molecule has 106 valence electrons. The summed E-state index contributed by atoms with van der Waals surface area (Å²) < 4.78 is 4.82. The van der Waals surface area contributed by atoms with Crippen LogP contribution in [0.4, 0.5) is 0 Å². The Morgan fingerprint density at radius 3 is 2.37 bits per heavy atom. The van der Waals surface area contributed by atoms with E-state index in [1.165, 1.54) is 0 Å². The van der Waals surface area contributed by atoms with Crippen LogP contribution in [-0.4, -0.2) is 49.4 Å². The molecule has 0 aromatic rings. The van der Waals surface area contributed by atoms with Gasteiger partial charge in [-0.3, -0.25) is 19.3 Å². The number of carbonyl (C=O) groups excluding carboxylic acids is 3. The van der Waals surface area contributed by atoms with Gasteiger partial charge in [0.1, 0.15) is 6.54 Å². The summed E-state index contributed by atoms with van der Waals surface area (Å²) in [5.74, 6) is -1.02. The summed E-state index contributed by atoms with van der Waals surface area (Å²) in [5.41, 5.74) is 0. The maximum Gasteiger partial charge on any atom is 0.240 e. The molecular formula is C13H20N2O4. The Morgan fingerprint density at radius 1 is 1.26 bits per heavy atom. The van der Waals surface area contributed by atoms with Gasteiger partial charge in [0, 0.05) is 13.7 Å². The number of fused-ring (bicyclic) bond motifs is 1. The lowest BCUT2D eigenvalue weighted by Crippen LogP contribution is -2.41. The van der Waals surface area contributed by atoms with Crippen molar-refractivity contribution in [3.8, 4) is 0 Å². The van der Waals surface area contributed by atoms with Crippen LogP contribution in [0.3, 0.4) is 0 Å². The molecule has 2 aliphatic rings. The lowest BCUT2D eigenvalue weighted by atomic mass is 9.81.